The number of nitrogens with two attached hydrogens (primary N) is 1. The fourth-order valence-corrected chi connectivity index (χ4v) is 1.80. The Balaban J connectivity index is 2.26. The molecular weight excluding hydrogens is 286 g/mol. The molecule has 122 valence electrons. The highest BCUT2D eigenvalue weighted by Crippen LogP contribution is 2.20. The van der Waals surface area contributed by atoms with Crippen molar-refractivity contribution >= 4 is 17.3 Å². The first-order valence-corrected chi connectivity index (χ1v) is 7.16. The maximum atomic E-state index is 11.7. The molecule has 0 bridgehead atoms. The molecule has 0 atom stereocenters. The summed E-state index contributed by atoms with van der Waals surface area (Å²) in [5.41, 5.74) is 6.56. The van der Waals surface area contributed by atoms with Crippen LogP contribution in [0.5, 0.6) is 5.75 Å². The molecule has 1 aromatic carbocycles. The number of carbonyl (C=O) groups excluding carboxylic acids is 2. The van der Waals surface area contributed by atoms with Crippen molar-refractivity contribution in [1.82, 2.24) is 0 Å². The molecule has 0 aliphatic heterocycles. The van der Waals surface area contributed by atoms with Crippen LogP contribution in [0, 0.1) is 0 Å². The molecule has 1 rings (SSSR count). The number of hydrogen-bond donors (Lipinski definition) is 1. The first kappa shape index (κ1) is 18.1. The first-order valence-electron chi connectivity index (χ1n) is 7.16. The summed E-state index contributed by atoms with van der Waals surface area (Å²) in [6.45, 7) is 3.04. The number of Topliss-reactive ketones (excluding diaryl/α,β-unsaturated/α-hetero) is 2. The largest absolute Gasteiger partial charge is 0.486 e. The predicted molar refractivity (Wildman–Crippen MR) is 83.3 cm³/mol. The Bertz CT molecular complexity index is 501. The summed E-state index contributed by atoms with van der Waals surface area (Å²) in [5.74, 6) is 0.366. The number of hydrogen-bond acceptors (Lipinski definition) is 6. The van der Waals surface area contributed by atoms with Gasteiger partial charge in [0.1, 0.15) is 12.4 Å². The lowest BCUT2D eigenvalue weighted by atomic mass is 10.1. The van der Waals surface area contributed by atoms with Crippen molar-refractivity contribution in [2.45, 2.75) is 19.8 Å². The summed E-state index contributed by atoms with van der Waals surface area (Å²) >= 11 is 0. The Hall–Kier alpha value is -1.92. The number of rotatable bonds is 11. The van der Waals surface area contributed by atoms with Gasteiger partial charge in [0.25, 0.3) is 0 Å². The minimum atomic E-state index is -0.103. The highest BCUT2D eigenvalue weighted by molar-refractivity contribution is 5.99. The molecule has 0 fully saturated rings. The first-order chi connectivity index (χ1) is 10.5. The Labute approximate surface area is 130 Å². The number of benzene rings is 1. The van der Waals surface area contributed by atoms with E-state index in [0.29, 0.717) is 49.7 Å². The second-order valence-corrected chi connectivity index (χ2v) is 4.84. The van der Waals surface area contributed by atoms with Crippen molar-refractivity contribution in [3.05, 3.63) is 23.8 Å². The highest BCUT2D eigenvalue weighted by atomic mass is 16.5. The smallest absolute Gasteiger partial charge is 0.170 e. The van der Waals surface area contributed by atoms with Crippen LogP contribution in [0.1, 0.15) is 30.1 Å². The Morgan fingerprint density at radius 3 is 2.59 bits per heavy atom. The summed E-state index contributed by atoms with van der Waals surface area (Å²) in [6.07, 6.45) is 1.05. The molecule has 0 saturated heterocycles. The molecular formula is C16H23NO5. The summed E-state index contributed by atoms with van der Waals surface area (Å²) in [4.78, 5) is 22.9. The van der Waals surface area contributed by atoms with Crippen LogP contribution in [0.25, 0.3) is 0 Å². The fourth-order valence-electron chi connectivity index (χ4n) is 1.80. The molecule has 6 nitrogen and oxygen atoms in total. The van der Waals surface area contributed by atoms with Crippen LogP contribution in [-0.4, -0.2) is 45.1 Å². The van der Waals surface area contributed by atoms with E-state index in [2.05, 4.69) is 0 Å². The van der Waals surface area contributed by atoms with Gasteiger partial charge in [-0.2, -0.15) is 0 Å². The summed E-state index contributed by atoms with van der Waals surface area (Å²) in [7, 11) is 1.61. The minimum Gasteiger partial charge on any atom is -0.486 e. The maximum Gasteiger partial charge on any atom is 0.170 e. The minimum absolute atomic E-state index is 0.00967. The molecule has 0 aliphatic rings. The molecule has 0 aliphatic carbocycles. The molecule has 22 heavy (non-hydrogen) atoms. The van der Waals surface area contributed by atoms with E-state index in [9.17, 15) is 9.59 Å². The van der Waals surface area contributed by atoms with Gasteiger partial charge in [-0.3, -0.25) is 9.59 Å². The average Bonchev–Trinajstić information content (AvgIpc) is 2.48. The number of ether oxygens (including phenoxy) is 3. The average molecular weight is 309 g/mol. The SMILES string of the molecule is COCCOCCCC(=O)COc1ccc(C(C)=O)c(N)c1. The summed E-state index contributed by atoms with van der Waals surface area (Å²) < 4.78 is 15.5. The van der Waals surface area contributed by atoms with Gasteiger partial charge in [-0.15, -0.1) is 0 Å². The van der Waals surface area contributed by atoms with Crippen molar-refractivity contribution < 1.29 is 23.8 Å². The van der Waals surface area contributed by atoms with Crippen LogP contribution in [-0.2, 0) is 14.3 Å². The normalized spacial score (nSPS) is 10.5. The van der Waals surface area contributed by atoms with E-state index in [1.54, 1.807) is 25.3 Å². The standard InChI is InChI=1S/C16H23NO5/c1-12(18)15-6-5-14(10-16(15)17)22-11-13(19)4-3-7-21-9-8-20-2/h5-6,10H,3-4,7-9,11,17H2,1-2H3. The van der Waals surface area contributed by atoms with Crippen molar-refractivity contribution in [2.24, 2.45) is 0 Å². The highest BCUT2D eigenvalue weighted by Gasteiger charge is 2.07. The van der Waals surface area contributed by atoms with Gasteiger partial charge in [0, 0.05) is 37.5 Å². The number of carbonyl (C=O) groups is 2. The zero-order valence-corrected chi connectivity index (χ0v) is 13.1. The van der Waals surface area contributed by atoms with E-state index in [0.717, 1.165) is 0 Å². The topological polar surface area (TPSA) is 87.9 Å². The Morgan fingerprint density at radius 2 is 1.95 bits per heavy atom. The van der Waals surface area contributed by atoms with E-state index >= 15 is 0 Å². The van der Waals surface area contributed by atoms with Crippen molar-refractivity contribution in [2.75, 3.05) is 39.3 Å². The molecule has 0 unspecified atom stereocenters. The predicted octanol–water partition coefficient (Wildman–Crippen LogP) is 1.86. The van der Waals surface area contributed by atoms with Gasteiger partial charge in [-0.25, -0.2) is 0 Å². The van der Waals surface area contributed by atoms with Crippen LogP contribution in [0.15, 0.2) is 18.2 Å². The van der Waals surface area contributed by atoms with Gasteiger partial charge in [0.2, 0.25) is 0 Å². The molecule has 0 heterocycles. The van der Waals surface area contributed by atoms with Crippen molar-refractivity contribution in [1.29, 1.82) is 0 Å². The van der Waals surface area contributed by atoms with Crippen molar-refractivity contribution in [3.8, 4) is 5.75 Å². The van der Waals surface area contributed by atoms with Crippen molar-refractivity contribution in [3.63, 3.8) is 0 Å². The van der Waals surface area contributed by atoms with Gasteiger partial charge in [-0.1, -0.05) is 0 Å². The van der Waals surface area contributed by atoms with Gasteiger partial charge in [0.15, 0.2) is 11.6 Å². The Morgan fingerprint density at radius 1 is 1.18 bits per heavy atom. The van der Waals surface area contributed by atoms with Gasteiger partial charge in [-0.05, 0) is 25.5 Å². The number of nitrogen functional groups attached to an aromatic ring is 1. The maximum absolute atomic E-state index is 11.7. The van der Waals surface area contributed by atoms with Crippen LogP contribution in [0.3, 0.4) is 0 Å². The lowest BCUT2D eigenvalue weighted by molar-refractivity contribution is -0.121. The molecule has 2 N–H and O–H groups in total. The zero-order chi connectivity index (χ0) is 16.4. The number of methoxy groups -OCH3 is 1. The quantitative estimate of drug-likeness (QED) is 0.381. The third kappa shape index (κ3) is 6.69. The monoisotopic (exact) mass is 309 g/mol. The molecule has 6 heteroatoms. The van der Waals surface area contributed by atoms with E-state index in [4.69, 9.17) is 19.9 Å². The summed E-state index contributed by atoms with van der Waals surface area (Å²) in [6, 6.07) is 4.78. The van der Waals surface area contributed by atoms with E-state index < -0.39 is 0 Å². The molecule has 0 aromatic heterocycles. The van der Waals surface area contributed by atoms with Crippen LogP contribution in [0.2, 0.25) is 0 Å². The third-order valence-corrected chi connectivity index (χ3v) is 2.98. The Kier molecular flexibility index (Phi) is 8.17. The summed E-state index contributed by atoms with van der Waals surface area (Å²) in [5, 5.41) is 0. The van der Waals surface area contributed by atoms with E-state index in [1.165, 1.54) is 6.92 Å². The lowest BCUT2D eigenvalue weighted by Crippen LogP contribution is -2.13. The number of anilines is 1. The van der Waals surface area contributed by atoms with Crippen LogP contribution < -0.4 is 10.5 Å². The molecule has 0 amide bonds. The molecule has 0 radical (unpaired) electrons. The second kappa shape index (κ2) is 9.92. The van der Waals surface area contributed by atoms with Crippen LogP contribution >= 0.6 is 0 Å². The molecule has 0 spiro atoms. The van der Waals surface area contributed by atoms with Crippen LogP contribution in [0.4, 0.5) is 5.69 Å². The zero-order valence-electron chi connectivity index (χ0n) is 13.1. The second-order valence-electron chi connectivity index (χ2n) is 4.84. The van der Waals surface area contributed by atoms with Gasteiger partial charge >= 0.3 is 0 Å². The van der Waals surface area contributed by atoms with Gasteiger partial charge in [0.05, 0.1) is 13.2 Å². The lowest BCUT2D eigenvalue weighted by Gasteiger charge is -2.08. The molecule has 1 aromatic rings. The third-order valence-electron chi connectivity index (χ3n) is 2.98. The van der Waals surface area contributed by atoms with E-state index in [1.807, 2.05) is 0 Å². The number of ketones is 2. The van der Waals surface area contributed by atoms with E-state index in [-0.39, 0.29) is 18.2 Å². The fraction of sp³-hybridized carbons (Fsp3) is 0.500. The van der Waals surface area contributed by atoms with Gasteiger partial charge < -0.3 is 19.9 Å². The molecule has 0 saturated carbocycles.